The van der Waals surface area contributed by atoms with Gasteiger partial charge in [0, 0.05) is 15.6 Å². The standard InChI is InChI=1S/C14H13BrN2O2/c1-2-7-5-11-12(14(16)18)17-19-13(11)10-6-8(15)3-4-9(7)10/h3-4,6-7H,2,5H2,1H3,(H2,16,18). The van der Waals surface area contributed by atoms with Crippen LogP contribution in [0.4, 0.5) is 0 Å². The molecule has 1 unspecified atom stereocenters. The Hall–Kier alpha value is -1.62. The van der Waals surface area contributed by atoms with Gasteiger partial charge in [-0.1, -0.05) is 34.1 Å². The lowest BCUT2D eigenvalue weighted by Gasteiger charge is -2.23. The van der Waals surface area contributed by atoms with Gasteiger partial charge in [0.05, 0.1) is 0 Å². The summed E-state index contributed by atoms with van der Waals surface area (Å²) in [6.45, 7) is 2.14. The van der Waals surface area contributed by atoms with Gasteiger partial charge in [-0.05, 0) is 36.5 Å². The van der Waals surface area contributed by atoms with Crippen LogP contribution in [-0.4, -0.2) is 11.1 Å². The second kappa shape index (κ2) is 4.49. The maximum atomic E-state index is 11.4. The van der Waals surface area contributed by atoms with E-state index in [1.807, 2.05) is 12.1 Å². The molecule has 1 heterocycles. The number of rotatable bonds is 2. The molecule has 1 amide bonds. The Balaban J connectivity index is 2.25. The molecule has 0 fully saturated rings. The number of aromatic nitrogens is 1. The molecule has 1 aromatic carbocycles. The zero-order valence-corrected chi connectivity index (χ0v) is 12.0. The van der Waals surface area contributed by atoms with Crippen molar-refractivity contribution in [1.29, 1.82) is 0 Å². The molecule has 1 aliphatic carbocycles. The Kier molecular flexibility index (Phi) is 2.93. The van der Waals surface area contributed by atoms with Crippen LogP contribution in [-0.2, 0) is 6.42 Å². The van der Waals surface area contributed by atoms with Crippen LogP contribution < -0.4 is 5.73 Å². The van der Waals surface area contributed by atoms with Crippen molar-refractivity contribution >= 4 is 21.8 Å². The van der Waals surface area contributed by atoms with Crippen LogP contribution in [0.3, 0.4) is 0 Å². The fourth-order valence-electron chi connectivity index (χ4n) is 2.71. The molecular weight excluding hydrogens is 308 g/mol. The molecule has 4 nitrogen and oxygen atoms in total. The Bertz CT molecular complexity index is 663. The number of primary amides is 1. The predicted octanol–water partition coefficient (Wildman–Crippen LogP) is 3.25. The van der Waals surface area contributed by atoms with E-state index in [2.05, 4.69) is 34.1 Å². The van der Waals surface area contributed by atoms with E-state index in [4.69, 9.17) is 10.3 Å². The van der Waals surface area contributed by atoms with Gasteiger partial charge in [0.1, 0.15) is 0 Å². The van der Waals surface area contributed by atoms with Crippen LogP contribution in [0.1, 0.15) is 40.9 Å². The van der Waals surface area contributed by atoms with Gasteiger partial charge >= 0.3 is 0 Å². The van der Waals surface area contributed by atoms with Gasteiger partial charge in [-0.2, -0.15) is 0 Å². The average molecular weight is 321 g/mol. The maximum absolute atomic E-state index is 11.4. The van der Waals surface area contributed by atoms with Gasteiger partial charge in [-0.15, -0.1) is 0 Å². The lowest BCUT2D eigenvalue weighted by molar-refractivity contribution is 0.0991. The minimum Gasteiger partial charge on any atom is -0.364 e. The number of hydrogen-bond acceptors (Lipinski definition) is 3. The molecule has 1 aromatic heterocycles. The quantitative estimate of drug-likeness (QED) is 0.923. The molecule has 98 valence electrons. The Morgan fingerprint density at radius 1 is 1.58 bits per heavy atom. The molecule has 0 saturated heterocycles. The third-order valence-electron chi connectivity index (χ3n) is 3.66. The van der Waals surface area contributed by atoms with Gasteiger partial charge in [0.25, 0.3) is 5.91 Å². The summed E-state index contributed by atoms with van der Waals surface area (Å²) >= 11 is 3.47. The first-order valence-corrected chi connectivity index (χ1v) is 6.99. The number of amides is 1. The van der Waals surface area contributed by atoms with Crippen molar-refractivity contribution in [2.24, 2.45) is 5.73 Å². The van der Waals surface area contributed by atoms with Gasteiger partial charge in [0.2, 0.25) is 0 Å². The fraction of sp³-hybridized carbons (Fsp3) is 0.286. The number of carbonyl (C=O) groups excluding carboxylic acids is 1. The van der Waals surface area contributed by atoms with E-state index >= 15 is 0 Å². The molecule has 5 heteroatoms. The van der Waals surface area contributed by atoms with E-state index in [9.17, 15) is 4.79 Å². The van der Waals surface area contributed by atoms with Gasteiger partial charge in [-0.3, -0.25) is 4.79 Å². The van der Waals surface area contributed by atoms with Crippen LogP contribution in [0.25, 0.3) is 11.3 Å². The van der Waals surface area contributed by atoms with Crippen molar-refractivity contribution in [3.8, 4) is 11.3 Å². The molecule has 2 aromatic rings. The molecular formula is C14H13BrN2O2. The average Bonchev–Trinajstić information content (AvgIpc) is 2.81. The molecule has 0 radical (unpaired) electrons. The molecule has 0 spiro atoms. The number of nitrogens with two attached hydrogens (primary N) is 1. The van der Waals surface area contributed by atoms with Gasteiger partial charge in [-0.25, -0.2) is 0 Å². The number of nitrogens with zero attached hydrogens (tertiary/aromatic N) is 1. The summed E-state index contributed by atoms with van der Waals surface area (Å²) in [6, 6.07) is 6.13. The van der Waals surface area contributed by atoms with E-state index in [0.29, 0.717) is 11.7 Å². The summed E-state index contributed by atoms with van der Waals surface area (Å²) < 4.78 is 6.33. The van der Waals surface area contributed by atoms with Gasteiger partial charge in [0.15, 0.2) is 11.5 Å². The number of carbonyl (C=O) groups is 1. The Labute approximate surface area is 119 Å². The minimum atomic E-state index is -0.529. The number of hydrogen-bond donors (Lipinski definition) is 1. The number of halogens is 1. The van der Waals surface area contributed by atoms with Crippen LogP contribution in [0.5, 0.6) is 0 Å². The maximum Gasteiger partial charge on any atom is 0.271 e. The van der Waals surface area contributed by atoms with Gasteiger partial charge < -0.3 is 10.3 Å². The first-order chi connectivity index (χ1) is 9.11. The molecule has 0 saturated carbocycles. The normalized spacial score (nSPS) is 16.8. The van der Waals surface area contributed by atoms with Crippen LogP contribution in [0.15, 0.2) is 27.2 Å². The van der Waals surface area contributed by atoms with Crippen LogP contribution in [0.2, 0.25) is 0 Å². The SMILES string of the molecule is CCC1Cc2c(C(N)=O)noc2-c2cc(Br)ccc21. The molecule has 1 atom stereocenters. The van der Waals surface area contributed by atoms with E-state index in [1.165, 1.54) is 5.56 Å². The highest BCUT2D eigenvalue weighted by Crippen LogP contribution is 2.43. The molecule has 2 N–H and O–H groups in total. The Morgan fingerprint density at radius 2 is 2.37 bits per heavy atom. The summed E-state index contributed by atoms with van der Waals surface area (Å²) in [5.41, 5.74) is 8.69. The second-order valence-electron chi connectivity index (χ2n) is 4.74. The second-order valence-corrected chi connectivity index (χ2v) is 5.66. The zero-order valence-electron chi connectivity index (χ0n) is 10.4. The number of benzene rings is 1. The lowest BCUT2D eigenvalue weighted by Crippen LogP contribution is -2.17. The molecule has 0 aliphatic heterocycles. The zero-order chi connectivity index (χ0) is 13.6. The summed E-state index contributed by atoms with van der Waals surface area (Å²) in [5.74, 6) is 0.515. The largest absolute Gasteiger partial charge is 0.364 e. The smallest absolute Gasteiger partial charge is 0.271 e. The summed E-state index contributed by atoms with van der Waals surface area (Å²) in [6.07, 6.45) is 1.75. The van der Waals surface area contributed by atoms with Crippen molar-refractivity contribution in [3.63, 3.8) is 0 Å². The van der Waals surface area contributed by atoms with E-state index in [-0.39, 0.29) is 5.69 Å². The third-order valence-corrected chi connectivity index (χ3v) is 4.16. The highest BCUT2D eigenvalue weighted by molar-refractivity contribution is 9.10. The first-order valence-electron chi connectivity index (χ1n) is 6.20. The molecule has 3 rings (SSSR count). The predicted molar refractivity (Wildman–Crippen MR) is 74.9 cm³/mol. The van der Waals surface area contributed by atoms with Crippen molar-refractivity contribution < 1.29 is 9.32 Å². The fourth-order valence-corrected chi connectivity index (χ4v) is 3.07. The summed E-state index contributed by atoms with van der Waals surface area (Å²) in [7, 11) is 0. The topological polar surface area (TPSA) is 69.1 Å². The van der Waals surface area contributed by atoms with E-state index in [1.54, 1.807) is 0 Å². The molecule has 1 aliphatic rings. The van der Waals surface area contributed by atoms with Crippen LogP contribution in [0, 0.1) is 0 Å². The van der Waals surface area contributed by atoms with Crippen molar-refractivity contribution in [3.05, 3.63) is 39.5 Å². The molecule has 0 bridgehead atoms. The third kappa shape index (κ3) is 1.89. The van der Waals surface area contributed by atoms with Crippen LogP contribution >= 0.6 is 15.9 Å². The lowest BCUT2D eigenvalue weighted by atomic mass is 9.80. The first kappa shape index (κ1) is 12.4. The van der Waals surface area contributed by atoms with Crippen molar-refractivity contribution in [2.45, 2.75) is 25.7 Å². The minimum absolute atomic E-state index is 0.263. The van der Waals surface area contributed by atoms with Crippen molar-refractivity contribution in [2.75, 3.05) is 0 Å². The van der Waals surface area contributed by atoms with E-state index in [0.717, 1.165) is 28.4 Å². The highest BCUT2D eigenvalue weighted by Gasteiger charge is 2.31. The summed E-state index contributed by atoms with van der Waals surface area (Å²) in [5, 5.41) is 3.83. The molecule has 19 heavy (non-hydrogen) atoms. The Morgan fingerprint density at radius 3 is 3.05 bits per heavy atom. The van der Waals surface area contributed by atoms with Crippen molar-refractivity contribution in [1.82, 2.24) is 5.16 Å². The number of fused-ring (bicyclic) bond motifs is 3. The summed E-state index contributed by atoms with van der Waals surface area (Å²) in [4.78, 5) is 11.4. The van der Waals surface area contributed by atoms with E-state index < -0.39 is 5.91 Å². The highest BCUT2D eigenvalue weighted by atomic mass is 79.9. The monoisotopic (exact) mass is 320 g/mol.